The number of aliphatic carboxylic acids is 1. The zero-order valence-electron chi connectivity index (χ0n) is 44.5. The standard InChI is InChI=1S/C56H67Cl2FN8O10S/c1-36-46-37(2)50(58)51(49(36)57)76-43(32-66-17-15-64(3)16-18-66)34-74-42-10-11-44(39(30-42)31-45(55(68)69)77-53-48-47(46)52(78-54(48)62-35-61-53)38-6-8-40(59)9-7-38)75-33-41-12-13-60-56(63-41)67-21-19-65(20-22-67)14-5-23-71-26-27-73-29-28-72-25-24-70-4/h6-13,30,35,43,45H,5,14-29,31-34H2,1-4H3,(H,68,69)/t43-,45-/m1/s1. The molecule has 418 valence electrons. The SMILES string of the molecule is COCCOCCOCCOCCCN1CCN(c2nccc(COc3ccc4cc3C[C@H](C(=O)O)Oc3ncnc5sc(-c6ccc(F)cc6)c(c35)-c3c(C)c(Cl)c(c(Cl)c3C)O[C@H](CN3CCN(C)CC3)CO4)n2)CC1. The van der Waals surface area contributed by atoms with Crippen LogP contribution in [0.15, 0.2) is 61.1 Å². The molecule has 7 heterocycles. The predicted octanol–water partition coefficient (Wildman–Crippen LogP) is 8.13. The fourth-order valence-electron chi connectivity index (χ4n) is 9.73. The summed E-state index contributed by atoms with van der Waals surface area (Å²) >= 11 is 16.1. The van der Waals surface area contributed by atoms with Gasteiger partial charge in [-0.2, -0.15) is 0 Å². The van der Waals surface area contributed by atoms with Crippen molar-refractivity contribution in [2.45, 2.75) is 45.5 Å². The minimum Gasteiger partial charge on any atom is -0.490 e. The second-order valence-electron chi connectivity index (χ2n) is 19.5. The number of benzene rings is 3. The molecule has 0 aliphatic carbocycles. The average molecular weight is 1130 g/mol. The number of anilines is 1. The molecule has 4 bridgehead atoms. The smallest absolute Gasteiger partial charge is 0.345 e. The molecule has 2 saturated heterocycles. The van der Waals surface area contributed by atoms with Crippen LogP contribution in [0.25, 0.3) is 31.8 Å². The zero-order chi connectivity index (χ0) is 54.5. The largest absolute Gasteiger partial charge is 0.490 e. The highest BCUT2D eigenvalue weighted by Crippen LogP contribution is 2.53. The first-order chi connectivity index (χ1) is 37.9. The summed E-state index contributed by atoms with van der Waals surface area (Å²) in [6.45, 7) is 16.0. The van der Waals surface area contributed by atoms with E-state index in [1.54, 1.807) is 43.6 Å². The summed E-state index contributed by atoms with van der Waals surface area (Å²) in [5.74, 6) is 0.202. The fraction of sp³-hybridized carbons (Fsp3) is 0.482. The summed E-state index contributed by atoms with van der Waals surface area (Å²) in [7, 11) is 3.75. The van der Waals surface area contributed by atoms with Gasteiger partial charge < -0.3 is 52.8 Å². The van der Waals surface area contributed by atoms with Gasteiger partial charge in [-0.15, -0.1) is 11.3 Å². The number of carboxylic acid groups (broad SMARTS) is 1. The Morgan fingerprint density at radius 1 is 0.821 bits per heavy atom. The van der Waals surface area contributed by atoms with Crippen LogP contribution in [0.2, 0.25) is 10.0 Å². The van der Waals surface area contributed by atoms with E-state index in [4.69, 9.17) is 66.1 Å². The van der Waals surface area contributed by atoms with Crippen LogP contribution in [0.4, 0.5) is 10.3 Å². The van der Waals surface area contributed by atoms with E-state index < -0.39 is 24.0 Å². The number of carbonyl (C=O) groups is 1. The number of hydrogen-bond donors (Lipinski definition) is 1. The molecular formula is C56H67Cl2FN8O10S. The summed E-state index contributed by atoms with van der Waals surface area (Å²) in [6.07, 6.45) is 1.83. The van der Waals surface area contributed by atoms with E-state index in [0.717, 1.165) is 65.3 Å². The third-order valence-corrected chi connectivity index (χ3v) is 16.1. The maximum atomic E-state index is 14.4. The number of aromatic nitrogens is 4. The van der Waals surface area contributed by atoms with Gasteiger partial charge in [0.05, 0.1) is 60.8 Å². The number of thiophene rings is 1. The monoisotopic (exact) mass is 1130 g/mol. The summed E-state index contributed by atoms with van der Waals surface area (Å²) in [6, 6.07) is 13.3. The van der Waals surface area contributed by atoms with Gasteiger partial charge in [-0.1, -0.05) is 35.3 Å². The molecular weight excluding hydrogens is 1070 g/mol. The Morgan fingerprint density at radius 3 is 2.22 bits per heavy atom. The van der Waals surface area contributed by atoms with Crippen molar-refractivity contribution in [2.24, 2.45) is 0 Å². The number of nitrogens with zero attached hydrogens (tertiary/aromatic N) is 8. The van der Waals surface area contributed by atoms with Crippen LogP contribution in [0.5, 0.6) is 23.1 Å². The van der Waals surface area contributed by atoms with Gasteiger partial charge in [0, 0.05) is 108 Å². The highest BCUT2D eigenvalue weighted by atomic mass is 35.5. The number of halogens is 3. The van der Waals surface area contributed by atoms with Crippen molar-refractivity contribution in [3.05, 3.63) is 99.3 Å². The second-order valence-corrected chi connectivity index (χ2v) is 21.2. The Hall–Kier alpha value is -5.52. The summed E-state index contributed by atoms with van der Waals surface area (Å²) < 4.78 is 62.7. The Bertz CT molecular complexity index is 2930. The average Bonchev–Trinajstić information content (AvgIpc) is 3.87. The summed E-state index contributed by atoms with van der Waals surface area (Å²) in [4.78, 5) is 42.6. The van der Waals surface area contributed by atoms with E-state index >= 15 is 0 Å². The Morgan fingerprint density at radius 2 is 1.51 bits per heavy atom. The third-order valence-electron chi connectivity index (χ3n) is 14.0. The van der Waals surface area contributed by atoms with Crippen LogP contribution >= 0.6 is 34.5 Å². The highest BCUT2D eigenvalue weighted by Gasteiger charge is 2.32. The van der Waals surface area contributed by atoms with Crippen LogP contribution in [-0.2, 0) is 36.8 Å². The van der Waals surface area contributed by atoms with Gasteiger partial charge in [-0.05, 0) is 86.0 Å². The molecule has 4 aliphatic rings. The van der Waals surface area contributed by atoms with E-state index in [2.05, 4.69) is 41.6 Å². The number of ether oxygens (including phenoxy) is 8. The molecule has 0 saturated carbocycles. The number of hydrogen-bond acceptors (Lipinski definition) is 18. The minimum absolute atomic E-state index is 0.0295. The molecule has 18 nitrogen and oxygen atoms in total. The molecule has 1 N–H and O–H groups in total. The van der Waals surface area contributed by atoms with Crippen LogP contribution < -0.4 is 23.8 Å². The summed E-state index contributed by atoms with van der Waals surface area (Å²) in [5, 5.41) is 12.0. The Kier molecular flexibility index (Phi) is 20.2. The molecule has 3 aromatic heterocycles. The van der Waals surface area contributed by atoms with Gasteiger partial charge in [-0.25, -0.2) is 29.1 Å². The van der Waals surface area contributed by atoms with Crippen molar-refractivity contribution < 1.29 is 52.2 Å². The Balaban J connectivity index is 0.950. The molecule has 0 spiro atoms. The van der Waals surface area contributed by atoms with E-state index in [1.807, 2.05) is 19.9 Å². The molecule has 2 atom stereocenters. The molecule has 0 unspecified atom stereocenters. The molecule has 22 heteroatoms. The van der Waals surface area contributed by atoms with Gasteiger partial charge in [0.1, 0.15) is 47.8 Å². The first-order valence-electron chi connectivity index (χ1n) is 26.3. The lowest BCUT2D eigenvalue weighted by atomic mass is 9.92. The van der Waals surface area contributed by atoms with Crippen molar-refractivity contribution >= 4 is 56.7 Å². The van der Waals surface area contributed by atoms with Crippen LogP contribution in [0, 0.1) is 19.7 Å². The maximum Gasteiger partial charge on any atom is 0.345 e. The van der Waals surface area contributed by atoms with Crippen molar-refractivity contribution in [3.63, 3.8) is 0 Å². The van der Waals surface area contributed by atoms with Crippen LogP contribution in [-0.4, -0.2) is 190 Å². The second kappa shape index (κ2) is 27.6. The zero-order valence-corrected chi connectivity index (χ0v) is 46.8. The molecule has 6 aromatic rings. The summed E-state index contributed by atoms with van der Waals surface area (Å²) in [5.41, 5.74) is 4.43. The predicted molar refractivity (Wildman–Crippen MR) is 298 cm³/mol. The number of likely N-dealkylation sites (N-methyl/N-ethyl adjacent to an activating group) is 1. The van der Waals surface area contributed by atoms with Crippen molar-refractivity contribution in [1.82, 2.24) is 34.6 Å². The number of piperazine rings is 2. The number of fused-ring (bicyclic) bond motifs is 7. The molecule has 2 fully saturated rings. The quantitative estimate of drug-likeness (QED) is 0.0683. The van der Waals surface area contributed by atoms with Crippen molar-refractivity contribution in [2.75, 3.05) is 137 Å². The van der Waals surface area contributed by atoms with Gasteiger partial charge in [0.25, 0.3) is 0 Å². The van der Waals surface area contributed by atoms with Crippen molar-refractivity contribution in [1.29, 1.82) is 0 Å². The lowest BCUT2D eigenvalue weighted by Crippen LogP contribution is -2.49. The van der Waals surface area contributed by atoms with Gasteiger partial charge in [-0.3, -0.25) is 9.80 Å². The van der Waals surface area contributed by atoms with E-state index in [1.165, 1.54) is 29.8 Å². The highest BCUT2D eigenvalue weighted by molar-refractivity contribution is 7.22. The normalized spacial score (nSPS) is 17.7. The van der Waals surface area contributed by atoms with E-state index in [0.29, 0.717) is 140 Å². The number of carboxylic acids is 1. The molecule has 0 amide bonds. The van der Waals surface area contributed by atoms with E-state index in [9.17, 15) is 14.3 Å². The van der Waals surface area contributed by atoms with Gasteiger partial charge in [0.15, 0.2) is 5.75 Å². The van der Waals surface area contributed by atoms with Crippen LogP contribution in [0.3, 0.4) is 0 Å². The molecule has 10 rings (SSSR count). The van der Waals surface area contributed by atoms with Gasteiger partial charge >= 0.3 is 5.97 Å². The minimum atomic E-state index is -1.47. The van der Waals surface area contributed by atoms with Gasteiger partial charge in [0.2, 0.25) is 17.9 Å². The first-order valence-corrected chi connectivity index (χ1v) is 27.9. The van der Waals surface area contributed by atoms with Crippen molar-refractivity contribution in [3.8, 4) is 44.7 Å². The molecule has 0 radical (unpaired) electrons. The van der Waals surface area contributed by atoms with Crippen LogP contribution in [0.1, 0.15) is 28.8 Å². The lowest BCUT2D eigenvalue weighted by Gasteiger charge is -2.35. The molecule has 3 aromatic carbocycles. The molecule has 78 heavy (non-hydrogen) atoms. The maximum absolute atomic E-state index is 14.4. The van der Waals surface area contributed by atoms with E-state index in [-0.39, 0.29) is 25.5 Å². The topological polar surface area (TPSA) is 176 Å². The lowest BCUT2D eigenvalue weighted by molar-refractivity contribution is -0.145. The molecule has 4 aliphatic heterocycles. The first kappa shape index (κ1) is 57.2. The number of methoxy groups -OCH3 is 1. The number of rotatable bonds is 21. The third kappa shape index (κ3) is 14.4. The fourth-order valence-corrected chi connectivity index (χ4v) is 11.4. The Labute approximate surface area is 468 Å².